The lowest BCUT2D eigenvalue weighted by Crippen LogP contribution is -2.54. The van der Waals surface area contributed by atoms with E-state index in [1.165, 1.54) is 57.9 Å². The molecule has 0 aromatic carbocycles. The van der Waals surface area contributed by atoms with Crippen LogP contribution >= 0.6 is 0 Å². The van der Waals surface area contributed by atoms with Crippen molar-refractivity contribution in [3.05, 3.63) is 0 Å². The zero-order valence-corrected chi connectivity index (χ0v) is 14.9. The van der Waals surface area contributed by atoms with E-state index < -0.39 is 0 Å². The van der Waals surface area contributed by atoms with Gasteiger partial charge in [0, 0.05) is 12.1 Å². The summed E-state index contributed by atoms with van der Waals surface area (Å²) < 4.78 is 0. The van der Waals surface area contributed by atoms with E-state index in [4.69, 9.17) is 5.73 Å². The second kappa shape index (κ2) is 7.46. The van der Waals surface area contributed by atoms with Gasteiger partial charge < -0.3 is 5.73 Å². The van der Waals surface area contributed by atoms with Gasteiger partial charge in [-0.05, 0) is 56.0 Å². The Kier molecular flexibility index (Phi) is 6.14. The standard InChI is InChI=1S/C19H38N2/c1-5-21(17-12-8-6-10-15(17)14-20)18-13-9-7-11-16(18)19(2,3)4/h15-18H,5-14,20H2,1-4H3. The predicted molar refractivity (Wildman–Crippen MR) is 92.4 cm³/mol. The highest BCUT2D eigenvalue weighted by molar-refractivity contribution is 4.94. The van der Waals surface area contributed by atoms with Crippen molar-refractivity contribution in [2.45, 2.75) is 91.1 Å². The molecule has 0 amide bonds. The lowest BCUT2D eigenvalue weighted by molar-refractivity contribution is -0.00886. The highest BCUT2D eigenvalue weighted by Crippen LogP contribution is 2.42. The molecule has 2 nitrogen and oxygen atoms in total. The molecule has 0 aromatic rings. The third kappa shape index (κ3) is 4.01. The Hall–Kier alpha value is -0.0800. The van der Waals surface area contributed by atoms with E-state index >= 15 is 0 Å². The molecule has 2 heteroatoms. The van der Waals surface area contributed by atoms with Crippen molar-refractivity contribution >= 4 is 0 Å². The molecule has 2 N–H and O–H groups in total. The summed E-state index contributed by atoms with van der Waals surface area (Å²) in [6.07, 6.45) is 11.2. The second-order valence-corrected chi connectivity index (χ2v) is 8.50. The Balaban J connectivity index is 2.17. The molecule has 0 spiro atoms. The maximum Gasteiger partial charge on any atom is 0.0138 e. The zero-order valence-electron chi connectivity index (χ0n) is 14.9. The van der Waals surface area contributed by atoms with Crippen LogP contribution < -0.4 is 5.73 Å². The third-order valence-corrected chi connectivity index (χ3v) is 6.23. The minimum atomic E-state index is 0.436. The summed E-state index contributed by atoms with van der Waals surface area (Å²) >= 11 is 0. The minimum absolute atomic E-state index is 0.436. The summed E-state index contributed by atoms with van der Waals surface area (Å²) in [7, 11) is 0. The van der Waals surface area contributed by atoms with Gasteiger partial charge in [0.1, 0.15) is 0 Å². The summed E-state index contributed by atoms with van der Waals surface area (Å²) in [6.45, 7) is 11.8. The first kappa shape index (κ1) is 17.3. The molecule has 2 aliphatic rings. The first-order chi connectivity index (χ1) is 9.99. The average molecular weight is 295 g/mol. The summed E-state index contributed by atoms with van der Waals surface area (Å²) in [6, 6.07) is 1.54. The van der Waals surface area contributed by atoms with Crippen LogP contribution in [0.3, 0.4) is 0 Å². The van der Waals surface area contributed by atoms with Gasteiger partial charge in [0.15, 0.2) is 0 Å². The van der Waals surface area contributed by atoms with Gasteiger partial charge in [0.2, 0.25) is 0 Å². The van der Waals surface area contributed by atoms with Crippen molar-refractivity contribution in [2.24, 2.45) is 23.0 Å². The molecule has 21 heavy (non-hydrogen) atoms. The van der Waals surface area contributed by atoms with Gasteiger partial charge in [0.05, 0.1) is 0 Å². The molecule has 0 radical (unpaired) electrons. The zero-order chi connectivity index (χ0) is 15.5. The molecule has 2 aliphatic carbocycles. The predicted octanol–water partition coefficient (Wildman–Crippen LogP) is 4.43. The van der Waals surface area contributed by atoms with E-state index in [2.05, 4.69) is 32.6 Å². The highest BCUT2D eigenvalue weighted by atomic mass is 15.2. The number of nitrogens with two attached hydrogens (primary N) is 1. The van der Waals surface area contributed by atoms with Crippen molar-refractivity contribution in [1.29, 1.82) is 0 Å². The van der Waals surface area contributed by atoms with Crippen molar-refractivity contribution in [3.63, 3.8) is 0 Å². The Bertz CT molecular complexity index is 307. The molecular weight excluding hydrogens is 256 g/mol. The molecule has 2 fully saturated rings. The van der Waals surface area contributed by atoms with E-state index in [9.17, 15) is 0 Å². The van der Waals surface area contributed by atoms with Gasteiger partial charge in [-0.3, -0.25) is 4.90 Å². The lowest BCUT2D eigenvalue weighted by Gasteiger charge is -2.50. The fourth-order valence-corrected chi connectivity index (χ4v) is 5.13. The normalized spacial score (nSPS) is 35.1. The first-order valence-corrected chi connectivity index (χ1v) is 9.44. The van der Waals surface area contributed by atoms with Crippen LogP contribution in [0.25, 0.3) is 0 Å². The van der Waals surface area contributed by atoms with Crippen molar-refractivity contribution < 1.29 is 0 Å². The highest BCUT2D eigenvalue weighted by Gasteiger charge is 2.40. The first-order valence-electron chi connectivity index (χ1n) is 9.44. The van der Waals surface area contributed by atoms with E-state index in [0.29, 0.717) is 5.41 Å². The van der Waals surface area contributed by atoms with Gasteiger partial charge >= 0.3 is 0 Å². The molecular formula is C19H38N2. The number of rotatable bonds is 4. The van der Waals surface area contributed by atoms with Crippen molar-refractivity contribution in [2.75, 3.05) is 13.1 Å². The maximum absolute atomic E-state index is 6.11. The van der Waals surface area contributed by atoms with E-state index in [1.54, 1.807) is 0 Å². The Labute approximate surface area is 132 Å². The monoisotopic (exact) mass is 294 g/mol. The van der Waals surface area contributed by atoms with Crippen LogP contribution in [0.4, 0.5) is 0 Å². The Morgan fingerprint density at radius 1 is 0.905 bits per heavy atom. The largest absolute Gasteiger partial charge is 0.330 e. The minimum Gasteiger partial charge on any atom is -0.330 e. The van der Waals surface area contributed by atoms with E-state index in [0.717, 1.165) is 30.5 Å². The molecule has 4 atom stereocenters. The van der Waals surface area contributed by atoms with Gasteiger partial charge in [-0.2, -0.15) is 0 Å². The molecule has 0 bridgehead atoms. The number of hydrogen-bond acceptors (Lipinski definition) is 2. The molecule has 0 aromatic heterocycles. The molecule has 0 aliphatic heterocycles. The van der Waals surface area contributed by atoms with Gasteiger partial charge in [-0.1, -0.05) is 53.4 Å². The fourth-order valence-electron chi connectivity index (χ4n) is 5.13. The smallest absolute Gasteiger partial charge is 0.0138 e. The van der Waals surface area contributed by atoms with Crippen LogP contribution in [-0.2, 0) is 0 Å². The van der Waals surface area contributed by atoms with E-state index in [1.807, 2.05) is 0 Å². The van der Waals surface area contributed by atoms with Gasteiger partial charge in [-0.15, -0.1) is 0 Å². The van der Waals surface area contributed by atoms with Crippen LogP contribution in [0.5, 0.6) is 0 Å². The Morgan fingerprint density at radius 3 is 2.05 bits per heavy atom. The molecule has 124 valence electrons. The molecule has 2 rings (SSSR count). The van der Waals surface area contributed by atoms with Crippen molar-refractivity contribution in [3.8, 4) is 0 Å². The molecule has 4 unspecified atom stereocenters. The van der Waals surface area contributed by atoms with E-state index in [-0.39, 0.29) is 0 Å². The fraction of sp³-hybridized carbons (Fsp3) is 1.00. The van der Waals surface area contributed by atoms with Crippen LogP contribution in [0, 0.1) is 17.3 Å². The number of hydrogen-bond donors (Lipinski definition) is 1. The van der Waals surface area contributed by atoms with Crippen LogP contribution in [0.15, 0.2) is 0 Å². The topological polar surface area (TPSA) is 29.3 Å². The second-order valence-electron chi connectivity index (χ2n) is 8.50. The Morgan fingerprint density at radius 2 is 1.48 bits per heavy atom. The summed E-state index contributed by atoms with van der Waals surface area (Å²) in [5.41, 5.74) is 6.55. The quantitative estimate of drug-likeness (QED) is 0.831. The van der Waals surface area contributed by atoms with Crippen LogP contribution in [0.2, 0.25) is 0 Å². The maximum atomic E-state index is 6.11. The number of nitrogens with zero attached hydrogens (tertiary/aromatic N) is 1. The van der Waals surface area contributed by atoms with Crippen LogP contribution in [0.1, 0.15) is 79.1 Å². The lowest BCUT2D eigenvalue weighted by atomic mass is 9.68. The molecule has 2 saturated carbocycles. The van der Waals surface area contributed by atoms with Crippen molar-refractivity contribution in [1.82, 2.24) is 4.90 Å². The third-order valence-electron chi connectivity index (χ3n) is 6.23. The van der Waals surface area contributed by atoms with Crippen LogP contribution in [-0.4, -0.2) is 30.1 Å². The molecule has 0 saturated heterocycles. The summed E-state index contributed by atoms with van der Waals surface area (Å²) in [5.74, 6) is 1.59. The average Bonchev–Trinajstić information content (AvgIpc) is 2.48. The summed E-state index contributed by atoms with van der Waals surface area (Å²) in [5, 5.41) is 0. The summed E-state index contributed by atoms with van der Waals surface area (Å²) in [4.78, 5) is 2.88. The van der Waals surface area contributed by atoms with Gasteiger partial charge in [0.25, 0.3) is 0 Å². The molecule has 0 heterocycles. The van der Waals surface area contributed by atoms with Gasteiger partial charge in [-0.25, -0.2) is 0 Å². The SMILES string of the molecule is CCN(C1CCCCC1CN)C1CCCCC1C(C)(C)C.